The van der Waals surface area contributed by atoms with Crippen LogP contribution < -0.4 is 15.5 Å². The number of piperidine rings is 1. The monoisotopic (exact) mass is 513 g/mol. The van der Waals surface area contributed by atoms with Crippen LogP contribution in [0.5, 0.6) is 0 Å². The maximum Gasteiger partial charge on any atom is 0.191 e. The molecule has 0 aromatic carbocycles. The van der Waals surface area contributed by atoms with Crippen LogP contribution in [0.4, 0.5) is 5.82 Å². The highest BCUT2D eigenvalue weighted by atomic mass is 127. The normalized spacial score (nSPS) is 28.9. The predicted octanol–water partition coefficient (Wildman–Crippen LogP) is 3.35. The van der Waals surface area contributed by atoms with Crippen LogP contribution in [-0.4, -0.2) is 55.4 Å². The summed E-state index contributed by atoms with van der Waals surface area (Å²) in [6, 6.07) is 7.16. The van der Waals surface area contributed by atoms with Gasteiger partial charge in [-0.2, -0.15) is 0 Å². The Morgan fingerprint density at radius 1 is 1.24 bits per heavy atom. The van der Waals surface area contributed by atoms with Crippen molar-refractivity contribution in [2.45, 2.75) is 65.1 Å². The quantitative estimate of drug-likeness (QED) is 0.368. The molecular formula is C22H36IN5O. The van der Waals surface area contributed by atoms with E-state index < -0.39 is 0 Å². The second-order valence-electron chi connectivity index (χ2n) is 9.05. The van der Waals surface area contributed by atoms with Gasteiger partial charge in [0.2, 0.25) is 0 Å². The Morgan fingerprint density at radius 3 is 2.69 bits per heavy atom. The van der Waals surface area contributed by atoms with Crippen LogP contribution in [-0.2, 0) is 4.74 Å². The van der Waals surface area contributed by atoms with Gasteiger partial charge in [0.1, 0.15) is 5.82 Å². The highest BCUT2D eigenvalue weighted by Gasteiger charge is 2.59. The molecule has 2 saturated heterocycles. The minimum absolute atomic E-state index is 0. The number of rotatable bonds is 4. The summed E-state index contributed by atoms with van der Waals surface area (Å²) in [5.74, 6) is 2.69. The summed E-state index contributed by atoms with van der Waals surface area (Å²) in [6.45, 7) is 12.5. The van der Waals surface area contributed by atoms with Crippen LogP contribution in [0.1, 0.15) is 45.7 Å². The van der Waals surface area contributed by atoms with E-state index in [0.717, 1.165) is 63.0 Å². The topological polar surface area (TPSA) is 61.8 Å². The molecule has 0 amide bonds. The first-order valence-corrected chi connectivity index (χ1v) is 10.9. The fourth-order valence-corrected chi connectivity index (χ4v) is 5.21. The Balaban J connectivity index is 0.00000240. The number of halogens is 1. The molecule has 1 aliphatic carbocycles. The summed E-state index contributed by atoms with van der Waals surface area (Å²) in [7, 11) is 0. The van der Waals surface area contributed by atoms with Gasteiger partial charge in [0.05, 0.1) is 6.10 Å². The highest BCUT2D eigenvalue weighted by molar-refractivity contribution is 14.0. The lowest BCUT2D eigenvalue weighted by molar-refractivity contribution is -0.106. The van der Waals surface area contributed by atoms with E-state index in [1.54, 1.807) is 0 Å². The van der Waals surface area contributed by atoms with Crippen molar-refractivity contribution in [1.29, 1.82) is 0 Å². The zero-order valence-electron chi connectivity index (χ0n) is 18.1. The van der Waals surface area contributed by atoms with Crippen LogP contribution in [0.15, 0.2) is 23.2 Å². The number of aliphatic imine (C=N–C) groups is 1. The van der Waals surface area contributed by atoms with Crippen LogP contribution in [0.2, 0.25) is 0 Å². The number of nitrogens with one attached hydrogen (secondary N) is 2. The van der Waals surface area contributed by atoms with Gasteiger partial charge in [0, 0.05) is 55.4 Å². The summed E-state index contributed by atoms with van der Waals surface area (Å²) >= 11 is 0. The Morgan fingerprint density at radius 2 is 2.00 bits per heavy atom. The fourth-order valence-electron chi connectivity index (χ4n) is 5.21. The number of guanidine groups is 1. The molecule has 2 N–H and O–H groups in total. The average Bonchev–Trinajstić information content (AvgIpc) is 3.14. The number of hydrogen-bond donors (Lipinski definition) is 2. The minimum atomic E-state index is 0. The Kier molecular flexibility index (Phi) is 7.30. The molecule has 3 aliphatic rings. The molecule has 3 heterocycles. The summed E-state index contributed by atoms with van der Waals surface area (Å²) in [5, 5.41) is 7.45. The second-order valence-corrected chi connectivity index (χ2v) is 9.05. The summed E-state index contributed by atoms with van der Waals surface area (Å²) in [5.41, 5.74) is 1.24. The molecule has 3 unspecified atom stereocenters. The van der Waals surface area contributed by atoms with E-state index in [1.807, 2.05) is 0 Å². The lowest BCUT2D eigenvalue weighted by atomic mass is 9.57. The van der Waals surface area contributed by atoms with Crippen LogP contribution in [0.25, 0.3) is 0 Å². The van der Waals surface area contributed by atoms with E-state index in [2.05, 4.69) is 66.4 Å². The van der Waals surface area contributed by atoms with E-state index in [4.69, 9.17) is 9.73 Å². The SMILES string of the molecule is CCN=C(NC1CCN(c2cccc(C)n2)CC1)NC1C2CCOC2C1(C)C.I. The Labute approximate surface area is 192 Å². The first-order chi connectivity index (χ1) is 13.5. The van der Waals surface area contributed by atoms with Crippen molar-refractivity contribution in [3.8, 4) is 0 Å². The molecule has 1 aromatic rings. The van der Waals surface area contributed by atoms with Crippen molar-refractivity contribution in [2.24, 2.45) is 16.3 Å². The van der Waals surface area contributed by atoms with Crippen LogP contribution >= 0.6 is 24.0 Å². The summed E-state index contributed by atoms with van der Waals surface area (Å²) in [4.78, 5) is 11.8. The number of pyridine rings is 1. The molecule has 7 heteroatoms. The molecule has 1 aromatic heterocycles. The van der Waals surface area contributed by atoms with Crippen molar-refractivity contribution in [2.75, 3.05) is 31.1 Å². The summed E-state index contributed by atoms with van der Waals surface area (Å²) < 4.78 is 5.94. The van der Waals surface area contributed by atoms with Crippen molar-refractivity contribution >= 4 is 35.8 Å². The molecule has 6 nitrogen and oxygen atoms in total. The van der Waals surface area contributed by atoms with E-state index >= 15 is 0 Å². The third-order valence-electron chi connectivity index (χ3n) is 6.74. The molecule has 1 saturated carbocycles. The molecule has 3 fully saturated rings. The van der Waals surface area contributed by atoms with E-state index in [1.165, 1.54) is 0 Å². The Bertz CT molecular complexity index is 717. The van der Waals surface area contributed by atoms with Crippen molar-refractivity contribution in [3.05, 3.63) is 23.9 Å². The van der Waals surface area contributed by atoms with Gasteiger partial charge in [0.25, 0.3) is 0 Å². The minimum Gasteiger partial charge on any atom is -0.377 e. The number of aryl methyl sites for hydroxylation is 1. The van der Waals surface area contributed by atoms with Gasteiger partial charge < -0.3 is 20.3 Å². The van der Waals surface area contributed by atoms with Gasteiger partial charge in [-0.05, 0) is 45.2 Å². The molecular weight excluding hydrogens is 477 g/mol. The number of nitrogens with zero attached hydrogens (tertiary/aromatic N) is 3. The number of fused-ring (bicyclic) bond motifs is 1. The standard InChI is InChI=1S/C22H35N5O.HI/c1-5-23-21(26-19-17-11-14-28-20(17)22(19,3)4)25-16-9-12-27(13-10-16)18-8-6-7-15(2)24-18;/h6-8,16-17,19-20H,5,9-14H2,1-4H3,(H2,23,25,26);1H. The van der Waals surface area contributed by atoms with Crippen LogP contribution in [0, 0.1) is 18.3 Å². The van der Waals surface area contributed by atoms with Crippen molar-refractivity contribution in [1.82, 2.24) is 15.6 Å². The fraction of sp³-hybridized carbons (Fsp3) is 0.727. The lowest BCUT2D eigenvalue weighted by Crippen LogP contribution is -2.68. The number of anilines is 1. The van der Waals surface area contributed by atoms with Gasteiger partial charge in [-0.1, -0.05) is 19.9 Å². The first-order valence-electron chi connectivity index (χ1n) is 10.9. The largest absolute Gasteiger partial charge is 0.377 e. The first kappa shape index (κ1) is 22.6. The molecule has 4 rings (SSSR count). The highest BCUT2D eigenvalue weighted by Crippen LogP contribution is 2.52. The van der Waals surface area contributed by atoms with Crippen molar-refractivity contribution < 1.29 is 4.74 Å². The second kappa shape index (κ2) is 9.37. The number of hydrogen-bond acceptors (Lipinski definition) is 4. The van der Waals surface area contributed by atoms with Crippen LogP contribution in [0.3, 0.4) is 0 Å². The van der Waals surface area contributed by atoms with Gasteiger partial charge in [-0.15, -0.1) is 24.0 Å². The molecule has 3 atom stereocenters. The molecule has 0 bridgehead atoms. The number of aromatic nitrogens is 1. The lowest BCUT2D eigenvalue weighted by Gasteiger charge is -2.55. The Hall–Kier alpha value is -1.09. The van der Waals surface area contributed by atoms with Gasteiger partial charge in [-0.3, -0.25) is 4.99 Å². The molecule has 0 spiro atoms. The van der Waals surface area contributed by atoms with Crippen molar-refractivity contribution in [3.63, 3.8) is 0 Å². The summed E-state index contributed by atoms with van der Waals surface area (Å²) in [6.07, 6.45) is 3.76. The third kappa shape index (κ3) is 4.65. The van der Waals surface area contributed by atoms with Gasteiger partial charge >= 0.3 is 0 Å². The molecule has 2 aliphatic heterocycles. The third-order valence-corrected chi connectivity index (χ3v) is 6.74. The van der Waals surface area contributed by atoms with E-state index in [-0.39, 0.29) is 29.4 Å². The molecule has 29 heavy (non-hydrogen) atoms. The maximum absolute atomic E-state index is 5.94. The smallest absolute Gasteiger partial charge is 0.191 e. The maximum atomic E-state index is 5.94. The van der Waals surface area contributed by atoms with E-state index in [9.17, 15) is 0 Å². The van der Waals surface area contributed by atoms with Gasteiger partial charge in [-0.25, -0.2) is 4.98 Å². The molecule has 0 radical (unpaired) electrons. The zero-order chi connectivity index (χ0) is 19.7. The zero-order valence-corrected chi connectivity index (χ0v) is 20.5. The molecule has 162 valence electrons. The predicted molar refractivity (Wildman–Crippen MR) is 129 cm³/mol. The van der Waals surface area contributed by atoms with Gasteiger partial charge in [0.15, 0.2) is 5.96 Å². The van der Waals surface area contributed by atoms with E-state index in [0.29, 0.717) is 24.1 Å². The average molecular weight is 513 g/mol. The number of ether oxygens (including phenoxy) is 1.